The molecule has 1 saturated heterocycles. The number of anilines is 1. The van der Waals surface area contributed by atoms with Crippen molar-refractivity contribution in [1.29, 1.82) is 0 Å². The molecule has 2 aromatic carbocycles. The molecule has 7 nitrogen and oxygen atoms in total. The van der Waals surface area contributed by atoms with Crippen molar-refractivity contribution in [3.63, 3.8) is 0 Å². The van der Waals surface area contributed by atoms with Crippen LogP contribution in [-0.2, 0) is 9.53 Å². The van der Waals surface area contributed by atoms with Crippen LogP contribution in [0.15, 0.2) is 54.6 Å². The number of amides is 2. The van der Waals surface area contributed by atoms with Crippen LogP contribution in [-0.4, -0.2) is 62.7 Å². The normalized spacial score (nSPS) is 14.3. The molecular weight excluding hydrogens is 358 g/mol. The molecule has 0 saturated carbocycles. The average Bonchev–Trinajstić information content (AvgIpc) is 2.74. The highest BCUT2D eigenvalue weighted by atomic mass is 16.5. The Kier molecular flexibility index (Phi) is 7.40. The predicted octanol–water partition coefficient (Wildman–Crippen LogP) is 1.77. The Bertz CT molecular complexity index is 759. The van der Waals surface area contributed by atoms with E-state index in [4.69, 9.17) is 9.47 Å². The number of hydrogen-bond acceptors (Lipinski definition) is 5. The number of ether oxygens (including phenoxy) is 2. The van der Waals surface area contributed by atoms with Gasteiger partial charge >= 0.3 is 0 Å². The van der Waals surface area contributed by atoms with Gasteiger partial charge in [-0.1, -0.05) is 18.2 Å². The van der Waals surface area contributed by atoms with E-state index < -0.39 is 0 Å². The van der Waals surface area contributed by atoms with E-state index in [-0.39, 0.29) is 18.4 Å². The van der Waals surface area contributed by atoms with E-state index in [2.05, 4.69) is 15.5 Å². The molecule has 0 aliphatic carbocycles. The Hall–Kier alpha value is -2.90. The lowest BCUT2D eigenvalue weighted by atomic mass is 10.2. The van der Waals surface area contributed by atoms with Crippen molar-refractivity contribution >= 4 is 17.5 Å². The number of morpholine rings is 1. The summed E-state index contributed by atoms with van der Waals surface area (Å²) in [5, 5.41) is 5.67. The zero-order chi connectivity index (χ0) is 19.6. The summed E-state index contributed by atoms with van der Waals surface area (Å²) in [6, 6.07) is 16.0. The molecule has 0 spiro atoms. The first-order valence-electron chi connectivity index (χ1n) is 9.37. The molecule has 2 aromatic rings. The second-order valence-electron chi connectivity index (χ2n) is 6.44. The number of benzene rings is 2. The fourth-order valence-electron chi connectivity index (χ4n) is 2.82. The van der Waals surface area contributed by atoms with Crippen molar-refractivity contribution in [2.24, 2.45) is 0 Å². The van der Waals surface area contributed by atoms with Gasteiger partial charge in [0.05, 0.1) is 13.2 Å². The average molecular weight is 383 g/mol. The van der Waals surface area contributed by atoms with Gasteiger partial charge in [0, 0.05) is 37.4 Å². The standard InChI is InChI=1S/C21H25N3O4/c25-20(16-28-19-4-2-1-3-5-19)23-18-8-6-17(7-9-18)21(26)22-10-11-24-12-14-27-15-13-24/h1-9H,10-16H2,(H,22,26)(H,23,25). The fraction of sp³-hybridized carbons (Fsp3) is 0.333. The first-order valence-corrected chi connectivity index (χ1v) is 9.37. The van der Waals surface area contributed by atoms with Gasteiger partial charge in [-0.05, 0) is 36.4 Å². The molecule has 2 amide bonds. The van der Waals surface area contributed by atoms with E-state index in [1.54, 1.807) is 36.4 Å². The quantitative estimate of drug-likeness (QED) is 0.726. The van der Waals surface area contributed by atoms with Crippen molar-refractivity contribution in [3.05, 3.63) is 60.2 Å². The minimum atomic E-state index is -0.258. The van der Waals surface area contributed by atoms with E-state index in [0.29, 0.717) is 23.5 Å². The number of nitrogens with one attached hydrogen (secondary N) is 2. The molecule has 0 radical (unpaired) electrons. The minimum Gasteiger partial charge on any atom is -0.484 e. The Balaban J connectivity index is 1.39. The number of para-hydroxylation sites is 1. The first kappa shape index (κ1) is 19.9. The maximum atomic E-state index is 12.2. The van der Waals surface area contributed by atoms with Gasteiger partial charge in [-0.2, -0.15) is 0 Å². The lowest BCUT2D eigenvalue weighted by molar-refractivity contribution is -0.118. The molecule has 148 valence electrons. The molecular formula is C21H25N3O4. The summed E-state index contributed by atoms with van der Waals surface area (Å²) in [5.41, 5.74) is 1.17. The number of rotatable bonds is 8. The third-order valence-electron chi connectivity index (χ3n) is 4.36. The van der Waals surface area contributed by atoms with Crippen molar-refractivity contribution in [1.82, 2.24) is 10.2 Å². The Morgan fingerprint density at radius 1 is 1.00 bits per heavy atom. The summed E-state index contributed by atoms with van der Waals surface area (Å²) in [6.07, 6.45) is 0. The molecule has 1 fully saturated rings. The topological polar surface area (TPSA) is 79.9 Å². The van der Waals surface area contributed by atoms with Gasteiger partial charge in [0.1, 0.15) is 5.75 Å². The molecule has 28 heavy (non-hydrogen) atoms. The van der Waals surface area contributed by atoms with Crippen molar-refractivity contribution in [2.45, 2.75) is 0 Å². The van der Waals surface area contributed by atoms with Crippen LogP contribution in [0.1, 0.15) is 10.4 Å². The second-order valence-corrected chi connectivity index (χ2v) is 6.44. The molecule has 0 bridgehead atoms. The molecule has 2 N–H and O–H groups in total. The number of carbonyl (C=O) groups is 2. The van der Waals surface area contributed by atoms with Gasteiger partial charge in [-0.25, -0.2) is 0 Å². The zero-order valence-corrected chi connectivity index (χ0v) is 15.7. The van der Waals surface area contributed by atoms with Crippen LogP contribution in [0, 0.1) is 0 Å². The van der Waals surface area contributed by atoms with E-state index >= 15 is 0 Å². The molecule has 0 aromatic heterocycles. The van der Waals surface area contributed by atoms with Gasteiger partial charge in [0.25, 0.3) is 11.8 Å². The smallest absolute Gasteiger partial charge is 0.262 e. The molecule has 1 aliphatic heterocycles. The Labute approximate surface area is 164 Å². The largest absolute Gasteiger partial charge is 0.484 e. The molecule has 0 unspecified atom stereocenters. The van der Waals surface area contributed by atoms with E-state index in [1.807, 2.05) is 18.2 Å². The van der Waals surface area contributed by atoms with Crippen LogP contribution >= 0.6 is 0 Å². The third-order valence-corrected chi connectivity index (χ3v) is 4.36. The van der Waals surface area contributed by atoms with E-state index in [9.17, 15) is 9.59 Å². The Morgan fingerprint density at radius 2 is 1.71 bits per heavy atom. The van der Waals surface area contributed by atoms with Crippen molar-refractivity contribution < 1.29 is 19.1 Å². The monoisotopic (exact) mass is 383 g/mol. The number of hydrogen-bond donors (Lipinski definition) is 2. The molecule has 0 atom stereocenters. The summed E-state index contributed by atoms with van der Waals surface area (Å²) in [7, 11) is 0. The summed E-state index contributed by atoms with van der Waals surface area (Å²) in [4.78, 5) is 26.4. The van der Waals surface area contributed by atoms with Crippen LogP contribution in [0.25, 0.3) is 0 Å². The van der Waals surface area contributed by atoms with Crippen LogP contribution in [0.3, 0.4) is 0 Å². The van der Waals surface area contributed by atoms with Crippen LogP contribution in [0.5, 0.6) is 5.75 Å². The SMILES string of the molecule is O=C(COc1ccccc1)Nc1ccc(C(=O)NCCN2CCOCC2)cc1. The fourth-order valence-corrected chi connectivity index (χ4v) is 2.82. The van der Waals surface area contributed by atoms with Gasteiger partial charge in [-0.3, -0.25) is 14.5 Å². The maximum Gasteiger partial charge on any atom is 0.262 e. The van der Waals surface area contributed by atoms with Crippen LogP contribution < -0.4 is 15.4 Å². The second kappa shape index (κ2) is 10.4. The minimum absolute atomic E-state index is 0.0756. The first-order chi connectivity index (χ1) is 13.7. The highest BCUT2D eigenvalue weighted by molar-refractivity contribution is 5.96. The van der Waals surface area contributed by atoms with Gasteiger partial charge < -0.3 is 20.1 Å². The number of carbonyl (C=O) groups excluding carboxylic acids is 2. The van der Waals surface area contributed by atoms with Crippen LogP contribution in [0.4, 0.5) is 5.69 Å². The van der Waals surface area contributed by atoms with Gasteiger partial charge in [0.2, 0.25) is 0 Å². The van der Waals surface area contributed by atoms with Gasteiger partial charge in [-0.15, -0.1) is 0 Å². The van der Waals surface area contributed by atoms with Crippen LogP contribution in [0.2, 0.25) is 0 Å². The predicted molar refractivity (Wildman–Crippen MR) is 107 cm³/mol. The number of nitrogens with zero attached hydrogens (tertiary/aromatic N) is 1. The highest BCUT2D eigenvalue weighted by Gasteiger charge is 2.11. The summed E-state index contributed by atoms with van der Waals surface area (Å²) < 4.78 is 10.7. The summed E-state index contributed by atoms with van der Waals surface area (Å²) in [5.74, 6) is 0.256. The maximum absolute atomic E-state index is 12.2. The molecule has 7 heteroatoms. The van der Waals surface area contributed by atoms with Crippen molar-refractivity contribution in [2.75, 3.05) is 51.3 Å². The molecule has 1 aliphatic rings. The lowest BCUT2D eigenvalue weighted by Crippen LogP contribution is -2.41. The molecule has 1 heterocycles. The lowest BCUT2D eigenvalue weighted by Gasteiger charge is -2.26. The molecule has 3 rings (SSSR count). The third kappa shape index (κ3) is 6.37. The summed E-state index contributed by atoms with van der Waals surface area (Å²) >= 11 is 0. The summed E-state index contributed by atoms with van der Waals surface area (Å²) in [6.45, 7) is 4.62. The van der Waals surface area contributed by atoms with E-state index in [1.165, 1.54) is 0 Å². The van der Waals surface area contributed by atoms with Gasteiger partial charge in [0.15, 0.2) is 6.61 Å². The van der Waals surface area contributed by atoms with E-state index in [0.717, 1.165) is 32.8 Å². The van der Waals surface area contributed by atoms with Crippen molar-refractivity contribution in [3.8, 4) is 5.75 Å². The zero-order valence-electron chi connectivity index (χ0n) is 15.7. The highest BCUT2D eigenvalue weighted by Crippen LogP contribution is 2.11. The Morgan fingerprint density at radius 3 is 2.43 bits per heavy atom.